The van der Waals surface area contributed by atoms with Gasteiger partial charge in [0.1, 0.15) is 29.3 Å². The monoisotopic (exact) mass is 446 g/mol. The predicted octanol–water partition coefficient (Wildman–Crippen LogP) is 5.50. The van der Waals surface area contributed by atoms with Crippen LogP contribution in [0, 0.1) is 5.82 Å². The van der Waals surface area contributed by atoms with Gasteiger partial charge < -0.3 is 10.3 Å². The number of allylic oxidation sites excluding steroid dienone is 2. The second-order valence-corrected chi connectivity index (χ2v) is 8.70. The molecule has 0 saturated carbocycles. The molecular formula is C24H20ClFN6. The summed E-state index contributed by atoms with van der Waals surface area (Å²) in [5.41, 5.74) is 10.5. The third-order valence-corrected chi connectivity index (χ3v) is 6.61. The lowest BCUT2D eigenvalue weighted by molar-refractivity contribution is 0.603. The number of anilines is 1. The molecule has 6 rings (SSSR count). The summed E-state index contributed by atoms with van der Waals surface area (Å²) in [4.78, 5) is 13.3. The van der Waals surface area contributed by atoms with E-state index in [2.05, 4.69) is 37.9 Å². The standard InChI is InChI=1S/C24H20ClFN6/c25-19-12-18-20(26)10-15(11-21(18)30-22(19)27)2-1-14-3-4-16(9-14)32-7-5-17-23-28-6-8-31(23)13-29-24(17)32/h5-13,16H,1-4H2,(H2,27,30). The molecule has 0 bridgehead atoms. The molecule has 160 valence electrons. The highest BCUT2D eigenvalue weighted by molar-refractivity contribution is 6.33. The number of hydrogen-bond acceptors (Lipinski definition) is 4. The number of pyridine rings is 1. The molecule has 0 spiro atoms. The molecule has 0 aliphatic heterocycles. The number of aryl methyl sites for hydroxylation is 1. The topological polar surface area (TPSA) is 74.0 Å². The first-order chi connectivity index (χ1) is 15.6. The SMILES string of the molecule is Nc1nc2cc(CCC3=CC(n4ccc5c4ncn4ccnc54)CC3)cc(F)c2cc1Cl. The van der Waals surface area contributed by atoms with Crippen molar-refractivity contribution in [3.8, 4) is 0 Å². The van der Waals surface area contributed by atoms with E-state index in [1.807, 2.05) is 23.0 Å². The van der Waals surface area contributed by atoms with Crippen LogP contribution >= 0.6 is 11.6 Å². The van der Waals surface area contributed by atoms with Gasteiger partial charge in [-0.2, -0.15) is 0 Å². The third-order valence-electron chi connectivity index (χ3n) is 6.31. The molecular weight excluding hydrogens is 427 g/mol. The summed E-state index contributed by atoms with van der Waals surface area (Å²) in [5, 5.41) is 1.72. The number of fused-ring (bicyclic) bond motifs is 4. The van der Waals surface area contributed by atoms with E-state index in [9.17, 15) is 4.39 Å². The smallest absolute Gasteiger partial charge is 0.148 e. The lowest BCUT2D eigenvalue weighted by atomic mass is 10.0. The number of imidazole rings is 1. The van der Waals surface area contributed by atoms with Crippen LogP contribution in [0.15, 0.2) is 60.8 Å². The summed E-state index contributed by atoms with van der Waals surface area (Å²) in [5.74, 6) is -0.0994. The number of benzene rings is 1. The Labute approximate surface area is 188 Å². The molecule has 5 aromatic rings. The summed E-state index contributed by atoms with van der Waals surface area (Å²) in [7, 11) is 0. The lowest BCUT2D eigenvalue weighted by Crippen LogP contribution is -2.03. The van der Waals surface area contributed by atoms with E-state index in [1.165, 1.54) is 11.6 Å². The van der Waals surface area contributed by atoms with Gasteiger partial charge in [-0.1, -0.05) is 23.3 Å². The van der Waals surface area contributed by atoms with Crippen LogP contribution in [0.1, 0.15) is 30.9 Å². The van der Waals surface area contributed by atoms with E-state index < -0.39 is 0 Å². The summed E-state index contributed by atoms with van der Waals surface area (Å²) in [6, 6.07) is 7.36. The molecule has 32 heavy (non-hydrogen) atoms. The van der Waals surface area contributed by atoms with Gasteiger partial charge in [-0.15, -0.1) is 0 Å². The minimum atomic E-state index is -0.319. The van der Waals surface area contributed by atoms with Gasteiger partial charge in [0, 0.05) is 24.0 Å². The molecule has 1 unspecified atom stereocenters. The Balaban J connectivity index is 1.24. The number of rotatable bonds is 4. The molecule has 1 aliphatic rings. The van der Waals surface area contributed by atoms with Crippen molar-refractivity contribution in [3.63, 3.8) is 0 Å². The molecule has 0 fully saturated rings. The number of nitrogen functional groups attached to an aromatic ring is 1. The Morgan fingerprint density at radius 3 is 2.91 bits per heavy atom. The molecule has 6 nitrogen and oxygen atoms in total. The second kappa shape index (κ2) is 7.31. The Bertz CT molecular complexity index is 1530. The van der Waals surface area contributed by atoms with Crippen molar-refractivity contribution < 1.29 is 4.39 Å². The highest BCUT2D eigenvalue weighted by atomic mass is 35.5. The van der Waals surface area contributed by atoms with Crippen molar-refractivity contribution in [2.75, 3.05) is 5.73 Å². The summed E-state index contributed by atoms with van der Waals surface area (Å²) in [6.45, 7) is 0. The Morgan fingerprint density at radius 1 is 1.09 bits per heavy atom. The van der Waals surface area contributed by atoms with Crippen LogP contribution in [0.3, 0.4) is 0 Å². The lowest BCUT2D eigenvalue weighted by Gasteiger charge is -2.11. The zero-order valence-corrected chi connectivity index (χ0v) is 17.9. The van der Waals surface area contributed by atoms with E-state index in [0.29, 0.717) is 10.9 Å². The molecule has 1 aliphatic carbocycles. The Morgan fingerprint density at radius 2 is 2.00 bits per heavy atom. The van der Waals surface area contributed by atoms with Crippen LogP contribution in [0.25, 0.3) is 27.6 Å². The highest BCUT2D eigenvalue weighted by Gasteiger charge is 2.20. The van der Waals surface area contributed by atoms with E-state index in [4.69, 9.17) is 17.3 Å². The number of nitrogens with two attached hydrogens (primary N) is 1. The predicted molar refractivity (Wildman–Crippen MR) is 124 cm³/mol. The van der Waals surface area contributed by atoms with Gasteiger partial charge in [-0.25, -0.2) is 19.3 Å². The largest absolute Gasteiger partial charge is 0.382 e. The molecule has 1 atom stereocenters. The fraction of sp³-hybridized carbons (Fsp3) is 0.208. The van der Waals surface area contributed by atoms with Crippen molar-refractivity contribution >= 4 is 45.0 Å². The van der Waals surface area contributed by atoms with Crippen LogP contribution in [0.4, 0.5) is 10.2 Å². The molecule has 8 heteroatoms. The van der Waals surface area contributed by atoms with Gasteiger partial charge >= 0.3 is 0 Å². The fourth-order valence-corrected chi connectivity index (χ4v) is 4.83. The molecule has 4 aromatic heterocycles. The Kier molecular flexibility index (Phi) is 4.40. The van der Waals surface area contributed by atoms with Gasteiger partial charge in [0.25, 0.3) is 0 Å². The van der Waals surface area contributed by atoms with Crippen molar-refractivity contribution in [1.29, 1.82) is 0 Å². The van der Waals surface area contributed by atoms with Crippen molar-refractivity contribution in [2.24, 2.45) is 0 Å². The first-order valence-corrected chi connectivity index (χ1v) is 11.0. The van der Waals surface area contributed by atoms with Gasteiger partial charge in [0.15, 0.2) is 0 Å². The van der Waals surface area contributed by atoms with Crippen LogP contribution in [0.2, 0.25) is 5.02 Å². The highest BCUT2D eigenvalue weighted by Crippen LogP contribution is 2.34. The maximum absolute atomic E-state index is 14.6. The fourth-order valence-electron chi connectivity index (χ4n) is 4.68. The van der Waals surface area contributed by atoms with Crippen LogP contribution in [-0.4, -0.2) is 23.9 Å². The van der Waals surface area contributed by atoms with Gasteiger partial charge in [0.05, 0.1) is 22.0 Å². The maximum Gasteiger partial charge on any atom is 0.148 e. The summed E-state index contributed by atoms with van der Waals surface area (Å²) < 4.78 is 18.7. The van der Waals surface area contributed by atoms with Gasteiger partial charge in [-0.05, 0) is 55.5 Å². The van der Waals surface area contributed by atoms with Gasteiger partial charge in [0.2, 0.25) is 0 Å². The molecule has 1 aromatic carbocycles. The van der Waals surface area contributed by atoms with E-state index in [0.717, 1.165) is 47.9 Å². The summed E-state index contributed by atoms with van der Waals surface area (Å²) >= 11 is 5.99. The molecule has 0 radical (unpaired) electrons. The van der Waals surface area contributed by atoms with E-state index >= 15 is 0 Å². The van der Waals surface area contributed by atoms with Crippen LogP contribution in [-0.2, 0) is 6.42 Å². The van der Waals surface area contributed by atoms with Crippen molar-refractivity contribution in [3.05, 3.63) is 77.2 Å². The second-order valence-electron chi connectivity index (χ2n) is 8.29. The average molecular weight is 447 g/mol. The van der Waals surface area contributed by atoms with Crippen LogP contribution in [0.5, 0.6) is 0 Å². The molecule has 2 N–H and O–H groups in total. The molecule has 0 amide bonds. The zero-order valence-electron chi connectivity index (χ0n) is 17.2. The minimum absolute atomic E-state index is 0.220. The van der Waals surface area contributed by atoms with Crippen molar-refractivity contribution in [2.45, 2.75) is 31.7 Å². The maximum atomic E-state index is 14.6. The van der Waals surface area contributed by atoms with Crippen LogP contribution < -0.4 is 5.73 Å². The normalized spacial score (nSPS) is 16.4. The van der Waals surface area contributed by atoms with E-state index in [-0.39, 0.29) is 22.7 Å². The number of halogens is 2. The molecule has 4 heterocycles. The quantitative estimate of drug-likeness (QED) is 0.370. The third kappa shape index (κ3) is 3.12. The summed E-state index contributed by atoms with van der Waals surface area (Å²) in [6.07, 6.45) is 13.6. The minimum Gasteiger partial charge on any atom is -0.382 e. The van der Waals surface area contributed by atoms with Crippen molar-refractivity contribution in [1.82, 2.24) is 23.9 Å². The zero-order chi connectivity index (χ0) is 21.8. The number of aromatic nitrogens is 5. The Hall–Kier alpha value is -3.45. The van der Waals surface area contributed by atoms with E-state index in [1.54, 1.807) is 12.3 Å². The number of nitrogens with zero attached hydrogens (tertiary/aromatic N) is 5. The first-order valence-electron chi connectivity index (χ1n) is 10.6. The molecule has 0 saturated heterocycles. The number of hydrogen-bond donors (Lipinski definition) is 1. The average Bonchev–Trinajstić information content (AvgIpc) is 3.51. The van der Waals surface area contributed by atoms with Gasteiger partial charge in [-0.3, -0.25) is 4.40 Å². The first kappa shape index (κ1) is 19.3.